The Morgan fingerprint density at radius 1 is 1.31 bits per heavy atom. The first-order chi connectivity index (χ1) is 6.25. The van der Waals surface area contributed by atoms with Gasteiger partial charge in [0.1, 0.15) is 5.78 Å². The molecule has 1 atom stereocenters. The van der Waals surface area contributed by atoms with Crippen LogP contribution in [0.3, 0.4) is 0 Å². The Bertz CT molecular complexity index is 159. The Balaban J connectivity index is 2.02. The summed E-state index contributed by atoms with van der Waals surface area (Å²) in [5.74, 6) is 1.62. The summed E-state index contributed by atoms with van der Waals surface area (Å²) >= 11 is 0. The van der Waals surface area contributed by atoms with E-state index in [1.807, 2.05) is 0 Å². The molecule has 1 aliphatic carbocycles. The van der Waals surface area contributed by atoms with E-state index in [9.17, 15) is 4.79 Å². The number of rotatable bonds is 7. The first-order valence-electron chi connectivity index (χ1n) is 5.78. The van der Waals surface area contributed by atoms with Crippen molar-refractivity contribution in [2.45, 2.75) is 58.8 Å². The third kappa shape index (κ3) is 3.93. The maximum atomic E-state index is 11.6. The number of ketones is 1. The van der Waals surface area contributed by atoms with Crippen molar-refractivity contribution in [3.05, 3.63) is 0 Å². The molecule has 1 rings (SSSR count). The molecule has 0 aromatic heterocycles. The van der Waals surface area contributed by atoms with Crippen LogP contribution in [0.5, 0.6) is 0 Å². The summed E-state index contributed by atoms with van der Waals surface area (Å²) in [7, 11) is 0. The number of hydrogen-bond acceptors (Lipinski definition) is 1. The zero-order chi connectivity index (χ0) is 9.68. The molecule has 0 spiro atoms. The average molecular weight is 182 g/mol. The van der Waals surface area contributed by atoms with Gasteiger partial charge in [0.2, 0.25) is 0 Å². The van der Waals surface area contributed by atoms with E-state index in [1.165, 1.54) is 32.1 Å². The van der Waals surface area contributed by atoms with Gasteiger partial charge in [-0.1, -0.05) is 33.1 Å². The lowest BCUT2D eigenvalue weighted by molar-refractivity contribution is -0.123. The minimum absolute atomic E-state index is 0.363. The first kappa shape index (κ1) is 10.7. The Morgan fingerprint density at radius 2 is 2.00 bits per heavy atom. The molecule has 1 heteroatoms. The van der Waals surface area contributed by atoms with Crippen LogP contribution >= 0.6 is 0 Å². The maximum Gasteiger partial charge on any atom is 0.135 e. The zero-order valence-corrected chi connectivity index (χ0v) is 9.01. The van der Waals surface area contributed by atoms with Crippen molar-refractivity contribution < 1.29 is 4.79 Å². The number of carbonyl (C=O) groups is 1. The molecule has 0 aromatic carbocycles. The smallest absolute Gasteiger partial charge is 0.135 e. The molecule has 0 aromatic rings. The van der Waals surface area contributed by atoms with Gasteiger partial charge in [0, 0.05) is 12.3 Å². The third-order valence-corrected chi connectivity index (χ3v) is 3.11. The van der Waals surface area contributed by atoms with Crippen molar-refractivity contribution in [1.29, 1.82) is 0 Å². The van der Waals surface area contributed by atoms with E-state index < -0.39 is 0 Å². The molecule has 0 saturated heterocycles. The number of carbonyl (C=O) groups excluding carboxylic acids is 1. The van der Waals surface area contributed by atoms with E-state index in [0.29, 0.717) is 11.7 Å². The Labute approximate surface area is 81.9 Å². The number of hydrogen-bond donors (Lipinski definition) is 0. The van der Waals surface area contributed by atoms with Gasteiger partial charge in [-0.2, -0.15) is 0 Å². The van der Waals surface area contributed by atoms with Crippen LogP contribution in [0.1, 0.15) is 58.8 Å². The molecule has 1 nitrogen and oxygen atoms in total. The predicted octanol–water partition coefficient (Wildman–Crippen LogP) is 3.57. The second-order valence-electron chi connectivity index (χ2n) is 4.40. The fraction of sp³-hybridized carbons (Fsp3) is 0.917. The van der Waals surface area contributed by atoms with E-state index in [-0.39, 0.29) is 0 Å². The number of Topliss-reactive ketones (excluding diaryl/α,β-unsaturated/α-hetero) is 1. The van der Waals surface area contributed by atoms with Crippen LogP contribution < -0.4 is 0 Å². The second kappa shape index (κ2) is 5.41. The van der Waals surface area contributed by atoms with Crippen LogP contribution in [-0.4, -0.2) is 5.78 Å². The minimum Gasteiger partial charge on any atom is -0.299 e. The molecule has 0 bridgehead atoms. The van der Waals surface area contributed by atoms with E-state index in [4.69, 9.17) is 0 Å². The van der Waals surface area contributed by atoms with Gasteiger partial charge in [0.25, 0.3) is 0 Å². The van der Waals surface area contributed by atoms with Crippen molar-refractivity contribution in [3.63, 3.8) is 0 Å². The topological polar surface area (TPSA) is 17.1 Å². The monoisotopic (exact) mass is 182 g/mol. The molecule has 1 aliphatic rings. The lowest BCUT2D eigenvalue weighted by Gasteiger charge is -2.07. The molecule has 0 radical (unpaired) electrons. The van der Waals surface area contributed by atoms with Crippen LogP contribution in [0.4, 0.5) is 0 Å². The highest BCUT2D eigenvalue weighted by Gasteiger charge is 2.31. The second-order valence-corrected chi connectivity index (χ2v) is 4.40. The molecule has 1 fully saturated rings. The van der Waals surface area contributed by atoms with Gasteiger partial charge in [-0.3, -0.25) is 4.79 Å². The molecule has 76 valence electrons. The normalized spacial score (nSPS) is 18.6. The molecule has 13 heavy (non-hydrogen) atoms. The highest BCUT2D eigenvalue weighted by atomic mass is 16.1. The highest BCUT2D eigenvalue weighted by molar-refractivity contribution is 5.81. The largest absolute Gasteiger partial charge is 0.299 e. The summed E-state index contributed by atoms with van der Waals surface area (Å²) < 4.78 is 0. The van der Waals surface area contributed by atoms with Gasteiger partial charge in [0.15, 0.2) is 0 Å². The third-order valence-electron chi connectivity index (χ3n) is 3.11. The van der Waals surface area contributed by atoms with Crippen molar-refractivity contribution in [1.82, 2.24) is 0 Å². The van der Waals surface area contributed by atoms with E-state index >= 15 is 0 Å². The summed E-state index contributed by atoms with van der Waals surface area (Å²) in [5.41, 5.74) is 0. The molecule has 1 saturated carbocycles. The van der Waals surface area contributed by atoms with Gasteiger partial charge >= 0.3 is 0 Å². The zero-order valence-electron chi connectivity index (χ0n) is 9.01. The molecule has 0 N–H and O–H groups in total. The van der Waals surface area contributed by atoms with Gasteiger partial charge in [-0.05, 0) is 25.2 Å². The quantitative estimate of drug-likeness (QED) is 0.550. The van der Waals surface area contributed by atoms with Crippen molar-refractivity contribution >= 4 is 5.78 Å². The Morgan fingerprint density at radius 3 is 2.54 bits per heavy atom. The van der Waals surface area contributed by atoms with Crippen LogP contribution in [0.2, 0.25) is 0 Å². The lowest BCUT2D eigenvalue weighted by atomic mass is 9.96. The Kier molecular flexibility index (Phi) is 4.47. The molecule has 0 amide bonds. The lowest BCUT2D eigenvalue weighted by Crippen LogP contribution is -2.12. The van der Waals surface area contributed by atoms with Crippen LogP contribution in [0.25, 0.3) is 0 Å². The SMILES string of the molecule is CCCCCCC(=O)C(C)C1CC1. The molecular weight excluding hydrogens is 160 g/mol. The van der Waals surface area contributed by atoms with Gasteiger partial charge in [0.05, 0.1) is 0 Å². The predicted molar refractivity (Wildman–Crippen MR) is 55.7 cm³/mol. The number of unbranched alkanes of at least 4 members (excludes halogenated alkanes) is 3. The summed E-state index contributed by atoms with van der Waals surface area (Å²) in [6.45, 7) is 4.31. The summed E-state index contributed by atoms with van der Waals surface area (Å²) in [5, 5.41) is 0. The fourth-order valence-electron chi connectivity index (χ4n) is 1.81. The summed E-state index contributed by atoms with van der Waals surface area (Å²) in [4.78, 5) is 11.6. The van der Waals surface area contributed by atoms with Crippen LogP contribution in [-0.2, 0) is 4.79 Å². The van der Waals surface area contributed by atoms with Crippen molar-refractivity contribution in [2.75, 3.05) is 0 Å². The van der Waals surface area contributed by atoms with E-state index in [2.05, 4.69) is 13.8 Å². The Hall–Kier alpha value is -0.330. The summed E-state index contributed by atoms with van der Waals surface area (Å²) in [6.07, 6.45) is 8.31. The summed E-state index contributed by atoms with van der Waals surface area (Å²) in [6, 6.07) is 0. The minimum atomic E-state index is 0.363. The standard InChI is InChI=1S/C12H22O/c1-3-4-5-6-7-12(13)10(2)11-8-9-11/h10-11H,3-9H2,1-2H3. The van der Waals surface area contributed by atoms with Gasteiger partial charge in [-0.25, -0.2) is 0 Å². The van der Waals surface area contributed by atoms with E-state index in [1.54, 1.807) is 0 Å². The van der Waals surface area contributed by atoms with Crippen LogP contribution in [0, 0.1) is 11.8 Å². The first-order valence-corrected chi connectivity index (χ1v) is 5.78. The molecule has 1 unspecified atom stereocenters. The average Bonchev–Trinajstić information content (AvgIpc) is 2.94. The molecular formula is C12H22O. The van der Waals surface area contributed by atoms with Gasteiger partial charge in [-0.15, -0.1) is 0 Å². The molecule has 0 aliphatic heterocycles. The fourth-order valence-corrected chi connectivity index (χ4v) is 1.81. The van der Waals surface area contributed by atoms with Crippen LogP contribution in [0.15, 0.2) is 0 Å². The van der Waals surface area contributed by atoms with Crippen molar-refractivity contribution in [3.8, 4) is 0 Å². The van der Waals surface area contributed by atoms with Crippen molar-refractivity contribution in [2.24, 2.45) is 11.8 Å². The van der Waals surface area contributed by atoms with E-state index in [0.717, 1.165) is 18.8 Å². The maximum absolute atomic E-state index is 11.6. The molecule has 0 heterocycles. The highest BCUT2D eigenvalue weighted by Crippen LogP contribution is 2.37. The van der Waals surface area contributed by atoms with Gasteiger partial charge < -0.3 is 0 Å².